The Morgan fingerprint density at radius 3 is 1.25 bits per heavy atom. The van der Waals surface area contributed by atoms with Gasteiger partial charge in [-0.05, 0) is 47.5 Å². The topological polar surface area (TPSA) is 135 Å². The average molecular weight is 422 g/mol. The molecule has 0 unspecified atom stereocenters. The van der Waals surface area contributed by atoms with Gasteiger partial charge in [-0.15, -0.1) is 0 Å². The molecule has 0 radical (unpaired) electrons. The molecule has 0 saturated carbocycles. The Bertz CT molecular complexity index is 1180. The third kappa shape index (κ3) is 6.05. The van der Waals surface area contributed by atoms with Crippen LogP contribution in [0.25, 0.3) is 12.2 Å². The number of allylic oxidation sites excluding steroid dienone is 2. The molecule has 0 aliphatic carbocycles. The minimum atomic E-state index is -0.181. The maximum atomic E-state index is 12.4. The molecule has 154 valence electrons. The van der Waals surface area contributed by atoms with Gasteiger partial charge in [0.15, 0.2) is 33.2 Å². The number of ketones is 2. The highest BCUT2D eigenvalue weighted by molar-refractivity contribution is 6.09. The number of nitrogens with one attached hydrogen (secondary N) is 2. The minimum absolute atomic E-state index is 0.181. The van der Waals surface area contributed by atoms with E-state index in [-0.39, 0.29) is 11.6 Å². The fourth-order valence-corrected chi connectivity index (χ4v) is 2.75. The number of carbonyl (C=O) groups is 2. The van der Waals surface area contributed by atoms with Crippen molar-refractivity contribution in [1.82, 2.24) is 9.82 Å². The summed E-state index contributed by atoms with van der Waals surface area (Å²) >= 11 is 0. The Morgan fingerprint density at radius 1 is 0.594 bits per heavy atom. The molecular weight excluding hydrogens is 404 g/mol. The van der Waals surface area contributed by atoms with Gasteiger partial charge in [0, 0.05) is 11.1 Å². The number of carbonyl (C=O) groups excluding carboxylic acids is 2. The lowest BCUT2D eigenvalue weighted by molar-refractivity contribution is 0.103. The first-order valence-electron chi connectivity index (χ1n) is 9.49. The standard InChI is InChI=1S/C24H18N6O2/c25-29-27-21-11-1-17(2-12-21)5-15-23(31)19-7-9-20(10-8-19)24(32)16-6-18-3-13-22(14-4-18)28-30-26/h1-16,25-26H/q+2/b15-5+,16-6+. The summed E-state index contributed by atoms with van der Waals surface area (Å²) in [6, 6.07) is 20.4. The number of hydrogen-bond donors (Lipinski definition) is 2. The van der Waals surface area contributed by atoms with Gasteiger partial charge in [-0.3, -0.25) is 9.59 Å². The van der Waals surface area contributed by atoms with E-state index < -0.39 is 0 Å². The van der Waals surface area contributed by atoms with Crippen molar-refractivity contribution in [2.45, 2.75) is 0 Å². The highest BCUT2D eigenvalue weighted by Gasteiger charge is 2.06. The Balaban J connectivity index is 1.62. The summed E-state index contributed by atoms with van der Waals surface area (Å²) in [6.45, 7) is 0. The molecule has 0 atom stereocenters. The van der Waals surface area contributed by atoms with Crippen molar-refractivity contribution in [2.75, 3.05) is 0 Å². The molecular formula is C24H18N6O2+2. The fourth-order valence-electron chi connectivity index (χ4n) is 2.75. The van der Waals surface area contributed by atoms with Gasteiger partial charge in [0.05, 0.1) is 0 Å². The molecule has 3 rings (SSSR count). The SMILES string of the molecule is N=[N+]=Nc1ccc(/C=C/C(=O)c2ccc(C(=O)/C=C/c3ccc(N=[N+]=N)cc3)cc2)cc1. The van der Waals surface area contributed by atoms with Crippen LogP contribution in [-0.2, 0) is 0 Å². The van der Waals surface area contributed by atoms with E-state index in [2.05, 4.69) is 20.1 Å². The van der Waals surface area contributed by atoms with Crippen LogP contribution >= 0.6 is 0 Å². The van der Waals surface area contributed by atoms with Crippen molar-refractivity contribution in [1.29, 1.82) is 11.1 Å². The third-order valence-electron chi connectivity index (χ3n) is 4.43. The molecule has 0 amide bonds. The van der Waals surface area contributed by atoms with Crippen molar-refractivity contribution in [3.8, 4) is 0 Å². The average Bonchev–Trinajstić information content (AvgIpc) is 2.83. The van der Waals surface area contributed by atoms with Crippen LogP contribution in [0.15, 0.2) is 95.2 Å². The molecule has 3 aromatic rings. The monoisotopic (exact) mass is 422 g/mol. The normalized spacial score (nSPS) is 10.5. The second kappa shape index (κ2) is 10.8. The van der Waals surface area contributed by atoms with Gasteiger partial charge >= 0.3 is 0 Å². The molecule has 0 saturated heterocycles. The number of benzene rings is 3. The van der Waals surface area contributed by atoms with Gasteiger partial charge in [0.2, 0.25) is 9.82 Å². The Kier molecular flexibility index (Phi) is 7.33. The molecule has 2 N–H and O–H groups in total. The van der Waals surface area contributed by atoms with Gasteiger partial charge in [0.1, 0.15) is 11.1 Å². The summed E-state index contributed by atoms with van der Waals surface area (Å²) < 4.78 is 0. The van der Waals surface area contributed by atoms with Crippen molar-refractivity contribution in [2.24, 2.45) is 10.2 Å². The Morgan fingerprint density at radius 2 is 0.938 bits per heavy atom. The van der Waals surface area contributed by atoms with E-state index in [0.717, 1.165) is 11.1 Å². The van der Waals surface area contributed by atoms with Crippen LogP contribution in [0.1, 0.15) is 31.8 Å². The van der Waals surface area contributed by atoms with E-state index in [9.17, 15) is 9.59 Å². The van der Waals surface area contributed by atoms with Crippen molar-refractivity contribution in [3.63, 3.8) is 0 Å². The minimum Gasteiger partial charge on any atom is -0.289 e. The highest BCUT2D eigenvalue weighted by atomic mass is 16.1. The second-order valence-corrected chi connectivity index (χ2v) is 6.56. The lowest BCUT2D eigenvalue weighted by Crippen LogP contribution is -1.98. The van der Waals surface area contributed by atoms with E-state index in [1.807, 2.05) is 0 Å². The summed E-state index contributed by atoms with van der Waals surface area (Å²) in [7, 11) is 0. The highest BCUT2D eigenvalue weighted by Crippen LogP contribution is 2.15. The first-order valence-corrected chi connectivity index (χ1v) is 9.49. The van der Waals surface area contributed by atoms with Crippen LogP contribution < -0.4 is 9.82 Å². The van der Waals surface area contributed by atoms with E-state index in [4.69, 9.17) is 11.1 Å². The number of rotatable bonds is 8. The Labute approximate surface area is 183 Å². The summed E-state index contributed by atoms with van der Waals surface area (Å²) in [5, 5.41) is 7.22. The van der Waals surface area contributed by atoms with Crippen molar-refractivity contribution in [3.05, 3.63) is 107 Å². The molecule has 0 spiro atoms. The lowest BCUT2D eigenvalue weighted by Gasteiger charge is -1.99. The summed E-state index contributed by atoms with van der Waals surface area (Å²) in [4.78, 5) is 30.7. The molecule has 0 bridgehead atoms. The fraction of sp³-hybridized carbons (Fsp3) is 0. The summed E-state index contributed by atoms with van der Waals surface area (Å²) in [5.41, 5.74) is 17.1. The molecule has 0 fully saturated rings. The molecule has 8 nitrogen and oxygen atoms in total. The van der Waals surface area contributed by atoms with Crippen LogP contribution in [0.4, 0.5) is 11.4 Å². The predicted molar refractivity (Wildman–Crippen MR) is 120 cm³/mol. The van der Waals surface area contributed by atoms with Crippen LogP contribution in [0.5, 0.6) is 0 Å². The molecule has 0 aromatic heterocycles. The van der Waals surface area contributed by atoms with E-state index in [1.54, 1.807) is 84.9 Å². The van der Waals surface area contributed by atoms with E-state index in [0.29, 0.717) is 22.5 Å². The molecule has 0 aliphatic heterocycles. The predicted octanol–water partition coefficient (Wildman–Crippen LogP) is 5.84. The lowest BCUT2D eigenvalue weighted by atomic mass is 10.0. The third-order valence-corrected chi connectivity index (χ3v) is 4.43. The quantitative estimate of drug-likeness (QED) is 0.204. The number of nitrogens with zero attached hydrogens (tertiary/aromatic N) is 4. The van der Waals surface area contributed by atoms with Gasteiger partial charge in [-0.25, -0.2) is 0 Å². The summed E-state index contributed by atoms with van der Waals surface area (Å²) in [6.07, 6.45) is 6.29. The summed E-state index contributed by atoms with van der Waals surface area (Å²) in [5.74, 6) is -0.362. The van der Waals surface area contributed by atoms with Gasteiger partial charge in [-0.1, -0.05) is 60.7 Å². The molecule has 32 heavy (non-hydrogen) atoms. The molecule has 8 heteroatoms. The van der Waals surface area contributed by atoms with Crippen LogP contribution in [0.3, 0.4) is 0 Å². The number of hydrogen-bond acceptors (Lipinski definition) is 6. The second-order valence-electron chi connectivity index (χ2n) is 6.56. The first-order chi connectivity index (χ1) is 15.6. The van der Waals surface area contributed by atoms with Crippen molar-refractivity contribution < 1.29 is 9.59 Å². The van der Waals surface area contributed by atoms with Gasteiger partial charge in [-0.2, -0.15) is 0 Å². The zero-order chi connectivity index (χ0) is 22.8. The van der Waals surface area contributed by atoms with Gasteiger partial charge < -0.3 is 0 Å². The zero-order valence-corrected chi connectivity index (χ0v) is 16.8. The van der Waals surface area contributed by atoms with Crippen molar-refractivity contribution >= 4 is 35.1 Å². The Hall–Kier alpha value is -4.90. The molecule has 0 aliphatic rings. The maximum Gasteiger partial charge on any atom is 0.220 e. The first kappa shape index (κ1) is 21.8. The van der Waals surface area contributed by atoms with Crippen LogP contribution in [0.2, 0.25) is 0 Å². The smallest absolute Gasteiger partial charge is 0.220 e. The van der Waals surface area contributed by atoms with Crippen LogP contribution in [-0.4, -0.2) is 11.6 Å². The maximum absolute atomic E-state index is 12.4. The van der Waals surface area contributed by atoms with Gasteiger partial charge in [0.25, 0.3) is 0 Å². The van der Waals surface area contributed by atoms with E-state index >= 15 is 0 Å². The molecule has 0 heterocycles. The zero-order valence-electron chi connectivity index (χ0n) is 16.8. The largest absolute Gasteiger partial charge is 0.289 e. The molecule has 3 aromatic carbocycles. The van der Waals surface area contributed by atoms with Crippen LogP contribution in [0, 0.1) is 11.1 Å². The van der Waals surface area contributed by atoms with E-state index in [1.165, 1.54) is 12.2 Å².